The summed E-state index contributed by atoms with van der Waals surface area (Å²) in [6.07, 6.45) is -7.40. The summed E-state index contributed by atoms with van der Waals surface area (Å²) in [7, 11) is 0. The van der Waals surface area contributed by atoms with E-state index < -0.39 is 67.3 Å². The number of amides is 3. The number of hydrogen-bond acceptors (Lipinski definition) is 10. The molecule has 0 aliphatic rings. The third-order valence-electron chi connectivity index (χ3n) is 5.22. The van der Waals surface area contributed by atoms with Crippen LogP contribution in [-0.2, 0) is 20.9 Å². The van der Waals surface area contributed by atoms with Gasteiger partial charge in [-0.25, -0.2) is 9.59 Å². The van der Waals surface area contributed by atoms with Gasteiger partial charge in [-0.2, -0.15) is 0 Å². The van der Waals surface area contributed by atoms with E-state index in [9.17, 15) is 34.8 Å². The van der Waals surface area contributed by atoms with Crippen LogP contribution in [0.4, 0.5) is 9.59 Å². The number of carbonyl (C=O) groups excluding carboxylic acids is 3. The van der Waals surface area contributed by atoms with Crippen LogP contribution in [0.15, 0.2) is 30.3 Å². The first-order valence-electron chi connectivity index (χ1n) is 12.4. The highest BCUT2D eigenvalue weighted by molar-refractivity contribution is 5.85. The molecule has 0 aromatic heterocycles. The van der Waals surface area contributed by atoms with Crippen molar-refractivity contribution in [3.05, 3.63) is 35.9 Å². The van der Waals surface area contributed by atoms with Crippen molar-refractivity contribution in [1.82, 2.24) is 16.0 Å². The fourth-order valence-electron chi connectivity index (χ4n) is 3.17. The van der Waals surface area contributed by atoms with Gasteiger partial charge in [-0.3, -0.25) is 4.79 Å². The summed E-state index contributed by atoms with van der Waals surface area (Å²) in [5.74, 6) is -0.686. The summed E-state index contributed by atoms with van der Waals surface area (Å²) in [4.78, 5) is 36.8. The average Bonchev–Trinajstić information content (AvgIpc) is 2.87. The maximum atomic E-state index is 12.7. The molecule has 8 N–H and O–H groups in total. The second-order valence-electron chi connectivity index (χ2n) is 9.73. The van der Waals surface area contributed by atoms with Crippen molar-refractivity contribution in [2.45, 2.75) is 82.7 Å². The van der Waals surface area contributed by atoms with Crippen LogP contribution in [-0.4, -0.2) is 99.4 Å². The number of nitrogens with one attached hydrogen (secondary N) is 3. The van der Waals surface area contributed by atoms with E-state index in [0.29, 0.717) is 12.8 Å². The first kappa shape index (κ1) is 33.1. The number of alkyl carbamates (subject to hydrolysis) is 2. The molecule has 3 amide bonds. The number of aliphatic hydroxyl groups excluding tert-OH is 5. The van der Waals surface area contributed by atoms with Gasteiger partial charge in [0.15, 0.2) is 0 Å². The lowest BCUT2D eigenvalue weighted by atomic mass is 10.0. The molecule has 1 aromatic carbocycles. The van der Waals surface area contributed by atoms with Crippen LogP contribution in [0.5, 0.6) is 0 Å². The predicted molar refractivity (Wildman–Crippen MR) is 136 cm³/mol. The summed E-state index contributed by atoms with van der Waals surface area (Å²) in [5, 5.41) is 55.4. The Morgan fingerprint density at radius 3 is 2.13 bits per heavy atom. The molecule has 0 spiro atoms. The number of hydrogen-bond donors (Lipinski definition) is 8. The molecule has 0 saturated heterocycles. The van der Waals surface area contributed by atoms with Crippen LogP contribution in [0.1, 0.15) is 45.6 Å². The van der Waals surface area contributed by atoms with Crippen LogP contribution < -0.4 is 16.0 Å². The lowest BCUT2D eigenvalue weighted by Crippen LogP contribution is -2.53. The number of carbonyl (C=O) groups is 3. The first-order chi connectivity index (χ1) is 17.8. The van der Waals surface area contributed by atoms with Gasteiger partial charge in [0.05, 0.1) is 12.7 Å². The minimum atomic E-state index is -1.84. The third-order valence-corrected chi connectivity index (χ3v) is 5.22. The normalized spacial score (nSPS) is 15.4. The smallest absolute Gasteiger partial charge is 0.408 e. The Morgan fingerprint density at radius 1 is 0.895 bits per heavy atom. The molecule has 0 heterocycles. The Labute approximate surface area is 222 Å². The van der Waals surface area contributed by atoms with Gasteiger partial charge < -0.3 is 51.0 Å². The topological polar surface area (TPSA) is 207 Å². The molecule has 0 bridgehead atoms. The molecule has 38 heavy (non-hydrogen) atoms. The van der Waals surface area contributed by atoms with E-state index in [0.717, 1.165) is 5.56 Å². The van der Waals surface area contributed by atoms with Crippen LogP contribution in [0.3, 0.4) is 0 Å². The van der Waals surface area contributed by atoms with Crippen molar-refractivity contribution >= 4 is 18.1 Å². The van der Waals surface area contributed by atoms with Crippen LogP contribution in [0, 0.1) is 0 Å². The average molecular weight is 544 g/mol. The van der Waals surface area contributed by atoms with Gasteiger partial charge in [0, 0.05) is 13.1 Å². The largest absolute Gasteiger partial charge is 0.445 e. The zero-order valence-corrected chi connectivity index (χ0v) is 22.0. The molecule has 13 heteroatoms. The fourth-order valence-corrected chi connectivity index (χ4v) is 3.17. The van der Waals surface area contributed by atoms with E-state index >= 15 is 0 Å². The molecule has 0 fully saturated rings. The molecule has 0 aliphatic heterocycles. The maximum absolute atomic E-state index is 12.7. The number of rotatable bonds is 15. The van der Waals surface area contributed by atoms with Gasteiger partial charge >= 0.3 is 12.2 Å². The van der Waals surface area contributed by atoms with Crippen molar-refractivity contribution < 1.29 is 49.4 Å². The summed E-state index contributed by atoms with van der Waals surface area (Å²) < 4.78 is 10.3. The Bertz CT molecular complexity index is 850. The SMILES string of the molecule is CC(C)(C)OC(=O)NC(CCCCNC(=O)OCc1ccccc1)C(=O)NCC(O)C(O)C(O)C(O)CO. The summed E-state index contributed by atoms with van der Waals surface area (Å²) in [6, 6.07) is 8.12. The summed E-state index contributed by atoms with van der Waals surface area (Å²) in [6.45, 7) is 4.04. The summed E-state index contributed by atoms with van der Waals surface area (Å²) >= 11 is 0. The van der Waals surface area contributed by atoms with E-state index in [1.807, 2.05) is 30.3 Å². The molecule has 13 nitrogen and oxygen atoms in total. The van der Waals surface area contributed by atoms with Crippen LogP contribution in [0.25, 0.3) is 0 Å². The highest BCUT2D eigenvalue weighted by Gasteiger charge is 2.31. The Morgan fingerprint density at radius 2 is 1.53 bits per heavy atom. The second-order valence-corrected chi connectivity index (χ2v) is 9.73. The quantitative estimate of drug-likeness (QED) is 0.133. The zero-order chi connectivity index (χ0) is 28.7. The Balaban J connectivity index is 2.55. The lowest BCUT2D eigenvalue weighted by molar-refractivity contribution is -0.127. The van der Waals surface area contributed by atoms with Gasteiger partial charge in [-0.15, -0.1) is 0 Å². The lowest BCUT2D eigenvalue weighted by Gasteiger charge is -2.27. The van der Waals surface area contributed by atoms with Crippen molar-refractivity contribution in [2.24, 2.45) is 0 Å². The highest BCUT2D eigenvalue weighted by Crippen LogP contribution is 2.09. The van der Waals surface area contributed by atoms with Crippen molar-refractivity contribution in [3.63, 3.8) is 0 Å². The van der Waals surface area contributed by atoms with E-state index in [4.69, 9.17) is 14.6 Å². The molecule has 0 saturated carbocycles. The van der Waals surface area contributed by atoms with Crippen LogP contribution in [0.2, 0.25) is 0 Å². The van der Waals surface area contributed by atoms with E-state index in [1.54, 1.807) is 20.8 Å². The standard InChI is InChI=1S/C25H41N3O10/c1-25(2,3)38-24(36)28-17(22(34)27-13-18(30)20(32)21(33)19(31)14-29)11-7-8-12-26-23(35)37-15-16-9-5-4-6-10-16/h4-6,9-10,17-21,29-33H,7-8,11-15H2,1-3H3,(H,26,35)(H,27,34)(H,28,36). The third kappa shape index (κ3) is 13.5. The van der Waals surface area contributed by atoms with E-state index in [-0.39, 0.29) is 19.6 Å². The van der Waals surface area contributed by atoms with Gasteiger partial charge in [-0.1, -0.05) is 30.3 Å². The van der Waals surface area contributed by atoms with E-state index in [1.165, 1.54) is 0 Å². The first-order valence-corrected chi connectivity index (χ1v) is 12.4. The van der Waals surface area contributed by atoms with E-state index in [2.05, 4.69) is 16.0 Å². The fraction of sp³-hybridized carbons (Fsp3) is 0.640. The molecule has 5 unspecified atom stereocenters. The molecule has 216 valence electrons. The van der Waals surface area contributed by atoms with Crippen LogP contribution >= 0.6 is 0 Å². The number of ether oxygens (including phenoxy) is 2. The molecule has 0 radical (unpaired) electrons. The number of unbranched alkanes of at least 4 members (excludes halogenated alkanes) is 1. The summed E-state index contributed by atoms with van der Waals surface area (Å²) in [5.41, 5.74) is 0.0421. The van der Waals surface area contributed by atoms with Crippen molar-refractivity contribution in [1.29, 1.82) is 0 Å². The maximum Gasteiger partial charge on any atom is 0.408 e. The van der Waals surface area contributed by atoms with Crippen molar-refractivity contribution in [2.75, 3.05) is 19.7 Å². The van der Waals surface area contributed by atoms with Gasteiger partial charge in [0.2, 0.25) is 5.91 Å². The monoisotopic (exact) mass is 543 g/mol. The molecular weight excluding hydrogens is 502 g/mol. The predicted octanol–water partition coefficient (Wildman–Crippen LogP) is -0.471. The minimum Gasteiger partial charge on any atom is -0.445 e. The second kappa shape index (κ2) is 16.8. The van der Waals surface area contributed by atoms with Gasteiger partial charge in [0.25, 0.3) is 0 Å². The number of benzene rings is 1. The Kier molecular flexibility index (Phi) is 14.6. The zero-order valence-electron chi connectivity index (χ0n) is 22.0. The highest BCUT2D eigenvalue weighted by atomic mass is 16.6. The van der Waals surface area contributed by atoms with Gasteiger partial charge in [0.1, 0.15) is 36.6 Å². The molecular formula is C25H41N3O10. The minimum absolute atomic E-state index is 0.130. The van der Waals surface area contributed by atoms with Crippen molar-refractivity contribution in [3.8, 4) is 0 Å². The Hall–Kier alpha value is -2.97. The number of aliphatic hydroxyl groups is 5. The molecule has 1 aromatic rings. The molecule has 1 rings (SSSR count). The molecule has 0 aliphatic carbocycles. The molecule has 5 atom stereocenters. The van der Waals surface area contributed by atoms with Gasteiger partial charge in [-0.05, 0) is 45.6 Å².